The van der Waals surface area contributed by atoms with E-state index in [1.165, 1.54) is 0 Å². The minimum Gasteiger partial charge on any atom is -0.487 e. The highest BCUT2D eigenvalue weighted by atomic mass is 32.2. The fourth-order valence-corrected chi connectivity index (χ4v) is 12.9. The number of fused-ring (bicyclic) bond motifs is 2. The number of amides is 5. The summed E-state index contributed by atoms with van der Waals surface area (Å²) in [5.41, 5.74) is 9.84. The summed E-state index contributed by atoms with van der Waals surface area (Å²) in [5, 5.41) is 43.9. The standard InChI is InChI=1S/C53H84N12O13S2/c1-26(2)21-36(54)46(69)63-41(27(3)4)49(72)62-38(18-16-20-58-51(56)65-80(75,76)45-31(8)29(6)43-35(33(45)10)23-53(13,14)78-43)48(71)59-24-39(66)61-37(47(70)60-25-40(67)68)17-15-19-57-50(55)64-79(73,74)44-30(7)28(5)42-34(32(44)9)22-52(11,12)77-42/h26-27,36-38,41H,15-25,54H2,1-14H3,(H,59,71)(H,60,70)(H,61,66)(H,62,72)(H,63,69)(H,67,68)(H3,55,57,64)(H3,56,58,65)/t36-,37-,38-,41-/m0/s1. The number of hydrogen-bond donors (Lipinski definition) is 13. The molecule has 0 aliphatic carbocycles. The van der Waals surface area contributed by atoms with Gasteiger partial charge in [0.1, 0.15) is 47.4 Å². The van der Waals surface area contributed by atoms with Crippen LogP contribution in [-0.4, -0.2) is 131 Å². The summed E-state index contributed by atoms with van der Waals surface area (Å²) in [6, 6.07) is -4.82. The largest absolute Gasteiger partial charge is 0.487 e. The number of benzene rings is 2. The van der Waals surface area contributed by atoms with Crippen LogP contribution in [0.15, 0.2) is 9.79 Å². The van der Waals surface area contributed by atoms with Crippen LogP contribution in [0.4, 0.5) is 0 Å². The van der Waals surface area contributed by atoms with E-state index in [4.69, 9.17) is 26.0 Å². The van der Waals surface area contributed by atoms with Crippen LogP contribution in [0.3, 0.4) is 0 Å². The van der Waals surface area contributed by atoms with Crippen LogP contribution < -0.4 is 61.9 Å². The average molecular weight is 1160 g/mol. The Morgan fingerprint density at radius 3 is 1.40 bits per heavy atom. The summed E-state index contributed by atoms with van der Waals surface area (Å²) in [6.45, 7) is 23.3. The fraction of sp³-hybridized carbons (Fsp3) is 0.623. The third-order valence-corrected chi connectivity index (χ3v) is 17.2. The van der Waals surface area contributed by atoms with Crippen molar-refractivity contribution in [3.63, 3.8) is 0 Å². The van der Waals surface area contributed by atoms with E-state index in [1.54, 1.807) is 55.4 Å². The lowest BCUT2D eigenvalue weighted by molar-refractivity contribution is -0.138. The molecule has 5 amide bonds. The topological polar surface area (TPSA) is 391 Å². The number of guanidine groups is 2. The van der Waals surface area contributed by atoms with Gasteiger partial charge in [-0.05, 0) is 147 Å². The second-order valence-electron chi connectivity index (χ2n) is 22.7. The van der Waals surface area contributed by atoms with Crippen LogP contribution in [0.2, 0.25) is 0 Å². The normalized spacial score (nSPS) is 15.6. The number of carboxylic acids is 1. The van der Waals surface area contributed by atoms with Crippen molar-refractivity contribution < 1.29 is 60.2 Å². The minimum atomic E-state index is -4.28. The van der Waals surface area contributed by atoms with Crippen molar-refractivity contribution in [2.45, 2.75) is 187 Å². The maximum atomic E-state index is 13.9. The van der Waals surface area contributed by atoms with E-state index in [-0.39, 0.29) is 54.5 Å². The first kappa shape index (κ1) is 65.8. The van der Waals surface area contributed by atoms with Crippen LogP contribution in [-0.2, 0) is 61.7 Å². The molecule has 14 N–H and O–H groups in total. The van der Waals surface area contributed by atoms with Gasteiger partial charge in [0.25, 0.3) is 20.0 Å². The zero-order valence-corrected chi connectivity index (χ0v) is 50.1. The third kappa shape index (κ3) is 17.1. The summed E-state index contributed by atoms with van der Waals surface area (Å²) in [7, 11) is -8.54. The maximum Gasteiger partial charge on any atom is 0.322 e. The Hall–Kier alpha value is -6.74. The molecule has 2 aliphatic rings. The van der Waals surface area contributed by atoms with Crippen molar-refractivity contribution >= 4 is 67.5 Å². The van der Waals surface area contributed by atoms with E-state index in [9.17, 15) is 50.7 Å². The minimum absolute atomic E-state index is 0.0235. The van der Waals surface area contributed by atoms with Gasteiger partial charge in [0.2, 0.25) is 41.5 Å². The molecule has 0 aromatic heterocycles. The van der Waals surface area contributed by atoms with Crippen LogP contribution >= 0.6 is 0 Å². The molecule has 27 heteroatoms. The molecule has 0 saturated carbocycles. The van der Waals surface area contributed by atoms with Gasteiger partial charge in [-0.1, -0.05) is 27.7 Å². The molecular weight excluding hydrogens is 1080 g/mol. The number of sulfonamides is 2. The molecule has 4 atom stereocenters. The van der Waals surface area contributed by atoms with Gasteiger partial charge in [-0.15, -0.1) is 0 Å². The molecule has 80 heavy (non-hydrogen) atoms. The molecule has 25 nitrogen and oxygen atoms in total. The predicted octanol–water partition coefficient (Wildman–Crippen LogP) is 1.63. The first-order valence-electron chi connectivity index (χ1n) is 26.7. The molecule has 0 spiro atoms. The van der Waals surface area contributed by atoms with E-state index < -0.39 is 122 Å². The molecule has 2 aliphatic heterocycles. The number of nitrogens with one attached hydrogen (secondary N) is 11. The number of carbonyl (C=O) groups is 6. The molecule has 4 rings (SSSR count). The second-order valence-corrected chi connectivity index (χ2v) is 25.9. The summed E-state index contributed by atoms with van der Waals surface area (Å²) in [6.07, 6.45) is 1.13. The quantitative estimate of drug-likeness (QED) is 0.0362. The smallest absolute Gasteiger partial charge is 0.322 e. The molecular formula is C53H84N12O13S2. The summed E-state index contributed by atoms with van der Waals surface area (Å²) >= 11 is 0. The predicted molar refractivity (Wildman–Crippen MR) is 300 cm³/mol. The van der Waals surface area contributed by atoms with Gasteiger partial charge in [-0.3, -0.25) is 39.6 Å². The van der Waals surface area contributed by atoms with Gasteiger partial charge in [0.15, 0.2) is 0 Å². The van der Waals surface area contributed by atoms with Crippen molar-refractivity contribution in [1.82, 2.24) is 46.7 Å². The lowest BCUT2D eigenvalue weighted by Crippen LogP contribution is -2.58. The van der Waals surface area contributed by atoms with Crippen LogP contribution in [0.1, 0.15) is 132 Å². The number of nitrogens with two attached hydrogens (primary N) is 1. The van der Waals surface area contributed by atoms with Gasteiger partial charge in [0, 0.05) is 37.1 Å². The Balaban J connectivity index is 1.43. The van der Waals surface area contributed by atoms with Gasteiger partial charge < -0.3 is 57.5 Å². The molecule has 2 aromatic rings. The number of carbonyl (C=O) groups excluding carboxylic acids is 5. The van der Waals surface area contributed by atoms with Crippen LogP contribution in [0, 0.1) is 64.2 Å². The monoisotopic (exact) mass is 1160 g/mol. The summed E-state index contributed by atoms with van der Waals surface area (Å²) in [5.74, 6) is -5.61. The molecule has 2 heterocycles. The molecule has 0 fully saturated rings. The van der Waals surface area contributed by atoms with E-state index >= 15 is 0 Å². The first-order chi connectivity index (χ1) is 36.9. The number of carboxylic acid groups (broad SMARTS) is 1. The van der Waals surface area contributed by atoms with Crippen molar-refractivity contribution in [2.24, 2.45) is 17.6 Å². The zero-order valence-electron chi connectivity index (χ0n) is 48.5. The van der Waals surface area contributed by atoms with E-state index in [2.05, 4.69) is 46.7 Å². The molecule has 0 bridgehead atoms. The lowest BCUT2D eigenvalue weighted by atomic mass is 9.94. The zero-order chi connectivity index (χ0) is 60.6. The Kier molecular flexibility index (Phi) is 21.9. The molecule has 0 saturated heterocycles. The van der Waals surface area contributed by atoms with Gasteiger partial charge >= 0.3 is 5.97 Å². The molecule has 2 aromatic carbocycles. The van der Waals surface area contributed by atoms with Crippen molar-refractivity contribution in [2.75, 3.05) is 26.2 Å². The number of rotatable bonds is 26. The second kappa shape index (κ2) is 26.7. The van der Waals surface area contributed by atoms with Crippen molar-refractivity contribution in [1.29, 1.82) is 10.8 Å². The lowest BCUT2D eigenvalue weighted by Gasteiger charge is -2.26. The number of hydrogen-bond acceptors (Lipinski definition) is 15. The highest BCUT2D eigenvalue weighted by Crippen LogP contribution is 2.45. The first-order valence-corrected chi connectivity index (χ1v) is 29.6. The van der Waals surface area contributed by atoms with E-state index in [1.807, 2.05) is 41.5 Å². The molecule has 446 valence electrons. The number of ether oxygens (including phenoxy) is 2. The third-order valence-electron chi connectivity index (χ3n) is 14.0. The Morgan fingerprint density at radius 2 is 1.00 bits per heavy atom. The summed E-state index contributed by atoms with van der Waals surface area (Å²) in [4.78, 5) is 78.8. The average Bonchev–Trinajstić information content (AvgIpc) is 3.86. The van der Waals surface area contributed by atoms with Gasteiger partial charge in [-0.2, -0.15) is 0 Å². The van der Waals surface area contributed by atoms with Crippen molar-refractivity contribution in [3.8, 4) is 11.5 Å². The molecule has 0 radical (unpaired) electrons. The molecule has 0 unspecified atom stereocenters. The Labute approximate surface area is 470 Å². The highest BCUT2D eigenvalue weighted by Gasteiger charge is 2.39. The van der Waals surface area contributed by atoms with E-state index in [0.29, 0.717) is 64.1 Å². The summed E-state index contributed by atoms with van der Waals surface area (Å²) < 4.78 is 71.7. The SMILES string of the molecule is Cc1c(C)c(S(=O)(=O)NC(=N)NCCC[C@H](NC(=O)CNC(=O)[C@H](CCCNC(=N)NS(=O)(=O)c2c(C)c(C)c3c(c2C)CC(C)(C)O3)NC(=O)[C@@H](NC(=O)[C@@H](N)CC(C)C)C(C)C)C(=O)NCC(=O)O)c(C)c2c1OC(C)(C)C2. The Bertz CT molecular complexity index is 2980. The Morgan fingerprint density at radius 1 is 0.588 bits per heavy atom. The van der Waals surface area contributed by atoms with E-state index in [0.717, 1.165) is 11.1 Å². The highest BCUT2D eigenvalue weighted by molar-refractivity contribution is 7.90. The van der Waals surface area contributed by atoms with Crippen LogP contribution in [0.5, 0.6) is 11.5 Å². The maximum absolute atomic E-state index is 13.9. The fourth-order valence-electron chi connectivity index (χ4n) is 9.81. The van der Waals surface area contributed by atoms with Gasteiger partial charge in [-0.25, -0.2) is 26.3 Å². The van der Waals surface area contributed by atoms with Gasteiger partial charge in [0.05, 0.1) is 22.4 Å². The van der Waals surface area contributed by atoms with Crippen molar-refractivity contribution in [3.05, 3.63) is 44.5 Å². The number of aliphatic carboxylic acids is 1. The van der Waals surface area contributed by atoms with Crippen LogP contribution in [0.25, 0.3) is 0 Å².